The third-order valence-corrected chi connectivity index (χ3v) is 3.18. The summed E-state index contributed by atoms with van der Waals surface area (Å²) in [6.45, 7) is -0.0936. The second-order valence-corrected chi connectivity index (χ2v) is 5.07. The Kier molecular flexibility index (Phi) is 3.99. The molecule has 0 radical (unpaired) electrons. The number of ether oxygens (including phenoxy) is 1. The van der Waals surface area contributed by atoms with Gasteiger partial charge in [-0.1, -0.05) is 28.4 Å². The Balaban J connectivity index is 2.27. The molecule has 0 aromatic heterocycles. The topological polar surface area (TPSA) is 68.1 Å². The largest absolute Gasteiger partial charge is 0.478 e. The summed E-state index contributed by atoms with van der Waals surface area (Å²) in [7, 11) is 1.41. The maximum atomic E-state index is 11.3. The van der Waals surface area contributed by atoms with Crippen molar-refractivity contribution in [3.05, 3.63) is 33.8 Å². The molecule has 1 unspecified atom stereocenters. The zero-order valence-corrected chi connectivity index (χ0v) is 11.5. The minimum Gasteiger partial charge on any atom is -0.478 e. The van der Waals surface area contributed by atoms with Crippen LogP contribution < -0.4 is 0 Å². The molecule has 0 aliphatic carbocycles. The summed E-state index contributed by atoms with van der Waals surface area (Å²) in [5, 5.41) is 14.0. The van der Waals surface area contributed by atoms with Crippen molar-refractivity contribution >= 4 is 34.9 Å². The summed E-state index contributed by atoms with van der Waals surface area (Å²) in [6.07, 6.45) is 0.0901. The molecule has 1 aliphatic rings. The van der Waals surface area contributed by atoms with Gasteiger partial charge < -0.3 is 14.7 Å². The van der Waals surface area contributed by atoms with Crippen LogP contribution in [0.2, 0.25) is 10.0 Å². The standard InChI is InChI=1S/C12H11Cl2NO4/c1-18-6-12(11(16)17)5-10(15-19-12)7-2-8(13)4-9(14)3-7/h2-4H,5-6H2,1H3,(H,16,17). The van der Waals surface area contributed by atoms with Crippen molar-refractivity contribution in [3.8, 4) is 0 Å². The molecule has 2 rings (SSSR count). The number of hydrogen-bond acceptors (Lipinski definition) is 4. The van der Waals surface area contributed by atoms with Gasteiger partial charge in [0.15, 0.2) is 0 Å². The van der Waals surface area contributed by atoms with Crippen LogP contribution in [0.1, 0.15) is 12.0 Å². The Morgan fingerprint density at radius 3 is 2.63 bits per heavy atom. The lowest BCUT2D eigenvalue weighted by Crippen LogP contribution is -2.43. The lowest BCUT2D eigenvalue weighted by molar-refractivity contribution is -0.168. The van der Waals surface area contributed by atoms with E-state index in [0.29, 0.717) is 21.3 Å². The molecular formula is C12H11Cl2NO4. The molecule has 1 aromatic rings. The van der Waals surface area contributed by atoms with E-state index in [9.17, 15) is 9.90 Å². The Morgan fingerprint density at radius 2 is 2.11 bits per heavy atom. The van der Waals surface area contributed by atoms with Crippen LogP contribution in [0.25, 0.3) is 0 Å². The van der Waals surface area contributed by atoms with Crippen LogP contribution in [0, 0.1) is 0 Å². The minimum absolute atomic E-state index is 0.0901. The molecule has 0 saturated heterocycles. The second-order valence-electron chi connectivity index (χ2n) is 4.20. The molecule has 5 nitrogen and oxygen atoms in total. The van der Waals surface area contributed by atoms with E-state index in [1.54, 1.807) is 18.2 Å². The Labute approximate surface area is 119 Å². The van der Waals surface area contributed by atoms with Gasteiger partial charge in [-0.3, -0.25) is 0 Å². The van der Waals surface area contributed by atoms with E-state index in [4.69, 9.17) is 32.8 Å². The fourth-order valence-corrected chi connectivity index (χ4v) is 2.37. The molecule has 0 fully saturated rings. The van der Waals surface area contributed by atoms with Gasteiger partial charge in [-0.05, 0) is 18.2 Å². The van der Waals surface area contributed by atoms with Crippen LogP contribution in [0.3, 0.4) is 0 Å². The number of carbonyl (C=O) groups is 1. The summed E-state index contributed by atoms with van der Waals surface area (Å²) < 4.78 is 4.89. The lowest BCUT2D eigenvalue weighted by atomic mass is 9.95. The average molecular weight is 304 g/mol. The number of nitrogens with zero attached hydrogens (tertiary/aromatic N) is 1. The van der Waals surface area contributed by atoms with Gasteiger partial charge in [0.25, 0.3) is 5.60 Å². The lowest BCUT2D eigenvalue weighted by Gasteiger charge is -2.20. The van der Waals surface area contributed by atoms with Crippen molar-refractivity contribution < 1.29 is 19.5 Å². The van der Waals surface area contributed by atoms with Gasteiger partial charge in [0.1, 0.15) is 6.61 Å². The van der Waals surface area contributed by atoms with E-state index in [2.05, 4.69) is 5.16 Å². The van der Waals surface area contributed by atoms with Crippen LogP contribution in [0.15, 0.2) is 23.4 Å². The summed E-state index contributed by atoms with van der Waals surface area (Å²) >= 11 is 11.8. The number of benzene rings is 1. The highest BCUT2D eigenvalue weighted by Crippen LogP contribution is 2.30. The molecule has 1 atom stereocenters. The highest BCUT2D eigenvalue weighted by Gasteiger charge is 2.47. The van der Waals surface area contributed by atoms with Gasteiger partial charge >= 0.3 is 5.97 Å². The van der Waals surface area contributed by atoms with Crippen molar-refractivity contribution in [2.45, 2.75) is 12.0 Å². The van der Waals surface area contributed by atoms with Crippen LogP contribution >= 0.6 is 23.2 Å². The first-order valence-corrected chi connectivity index (χ1v) is 6.16. The Morgan fingerprint density at radius 1 is 1.47 bits per heavy atom. The Hall–Kier alpha value is -1.30. The van der Waals surface area contributed by atoms with Crippen molar-refractivity contribution in [2.75, 3.05) is 13.7 Å². The molecule has 0 saturated carbocycles. The van der Waals surface area contributed by atoms with E-state index in [-0.39, 0.29) is 13.0 Å². The maximum Gasteiger partial charge on any atom is 0.353 e. The van der Waals surface area contributed by atoms with Gasteiger partial charge in [0, 0.05) is 29.1 Å². The molecule has 1 aromatic carbocycles. The SMILES string of the molecule is COCC1(C(=O)O)CC(c2cc(Cl)cc(Cl)c2)=NO1. The van der Waals surface area contributed by atoms with Gasteiger partial charge in [-0.15, -0.1) is 0 Å². The number of hydrogen-bond donors (Lipinski definition) is 1. The molecule has 0 amide bonds. The number of halogens is 2. The number of oxime groups is 1. The normalized spacial score (nSPS) is 21.9. The van der Waals surface area contributed by atoms with Crippen molar-refractivity contribution in [3.63, 3.8) is 0 Å². The first kappa shape index (κ1) is 14.1. The second kappa shape index (κ2) is 5.36. The molecule has 1 N–H and O–H groups in total. The molecule has 1 aliphatic heterocycles. The summed E-state index contributed by atoms with van der Waals surface area (Å²) in [5.41, 5.74) is -0.376. The fraction of sp³-hybridized carbons (Fsp3) is 0.333. The van der Waals surface area contributed by atoms with E-state index in [1.807, 2.05) is 0 Å². The fourth-order valence-electron chi connectivity index (χ4n) is 1.84. The number of aliphatic carboxylic acids is 1. The molecule has 0 spiro atoms. The molecule has 102 valence electrons. The number of rotatable bonds is 4. The maximum absolute atomic E-state index is 11.3. The molecule has 7 heteroatoms. The first-order valence-electron chi connectivity index (χ1n) is 5.41. The predicted octanol–water partition coefficient (Wildman–Crippen LogP) is 2.59. The predicted molar refractivity (Wildman–Crippen MR) is 70.9 cm³/mol. The van der Waals surface area contributed by atoms with Gasteiger partial charge in [-0.25, -0.2) is 4.79 Å². The van der Waals surface area contributed by atoms with E-state index in [0.717, 1.165) is 0 Å². The van der Waals surface area contributed by atoms with Crippen LogP contribution in [-0.4, -0.2) is 36.1 Å². The smallest absolute Gasteiger partial charge is 0.353 e. The first-order chi connectivity index (χ1) is 8.97. The molecule has 19 heavy (non-hydrogen) atoms. The highest BCUT2D eigenvalue weighted by molar-refractivity contribution is 6.35. The average Bonchev–Trinajstić information content (AvgIpc) is 2.74. The van der Waals surface area contributed by atoms with Gasteiger partial charge in [0.05, 0.1) is 5.71 Å². The van der Waals surface area contributed by atoms with Gasteiger partial charge in [-0.2, -0.15) is 0 Å². The van der Waals surface area contributed by atoms with Crippen molar-refractivity contribution in [1.82, 2.24) is 0 Å². The number of carboxylic acid groups (broad SMARTS) is 1. The van der Waals surface area contributed by atoms with Crippen molar-refractivity contribution in [1.29, 1.82) is 0 Å². The van der Waals surface area contributed by atoms with Crippen molar-refractivity contribution in [2.24, 2.45) is 5.16 Å². The zero-order valence-electron chi connectivity index (χ0n) is 10.0. The number of methoxy groups -OCH3 is 1. The van der Waals surface area contributed by atoms with E-state index < -0.39 is 11.6 Å². The Bertz CT molecular complexity index is 526. The molecule has 1 heterocycles. The third kappa shape index (κ3) is 2.83. The van der Waals surface area contributed by atoms with Crippen LogP contribution in [0.4, 0.5) is 0 Å². The van der Waals surface area contributed by atoms with Gasteiger partial charge in [0.2, 0.25) is 0 Å². The quantitative estimate of drug-likeness (QED) is 0.928. The highest BCUT2D eigenvalue weighted by atomic mass is 35.5. The van der Waals surface area contributed by atoms with Crippen LogP contribution in [0.5, 0.6) is 0 Å². The molecule has 0 bridgehead atoms. The summed E-state index contributed by atoms with van der Waals surface area (Å²) in [4.78, 5) is 16.4. The van der Waals surface area contributed by atoms with E-state index >= 15 is 0 Å². The van der Waals surface area contributed by atoms with E-state index in [1.165, 1.54) is 7.11 Å². The minimum atomic E-state index is -1.49. The molecular weight excluding hydrogens is 293 g/mol. The third-order valence-electron chi connectivity index (χ3n) is 2.75. The zero-order chi connectivity index (χ0) is 14.0. The van der Waals surface area contributed by atoms with Crippen LogP contribution in [-0.2, 0) is 14.4 Å². The monoisotopic (exact) mass is 303 g/mol. The summed E-state index contributed by atoms with van der Waals surface area (Å²) in [5.74, 6) is -1.12. The summed E-state index contributed by atoms with van der Waals surface area (Å²) in [6, 6.07) is 4.89. The number of carboxylic acids is 1.